The second kappa shape index (κ2) is 11.0. The van der Waals surface area contributed by atoms with Gasteiger partial charge in [0, 0.05) is 0 Å². The molecule has 5 rings (SSSR count). The standard InChI is InChI=1S/C23H19N3O2.C2H5.Zn/c1-3-8-16(9-4-1)20-14-27-22(25-20)18-12-7-13-19(24-18)23-26-21(15-28-23)17-10-5-2-6-11-17;1-2;/h1-13,20-21H,14-15H2;1H2,2H3;/q;-1;+2/t20-,21-;;/m0../s1. The molecule has 0 amide bonds. The van der Waals surface area contributed by atoms with Gasteiger partial charge in [-0.05, 0) is 23.3 Å². The van der Waals surface area contributed by atoms with Crippen LogP contribution in [0, 0.1) is 6.92 Å². The number of benzene rings is 2. The molecule has 0 aliphatic carbocycles. The van der Waals surface area contributed by atoms with E-state index in [1.165, 1.54) is 0 Å². The number of aromatic nitrogens is 1. The van der Waals surface area contributed by atoms with Crippen molar-refractivity contribution in [2.24, 2.45) is 9.98 Å². The van der Waals surface area contributed by atoms with Crippen molar-refractivity contribution in [1.29, 1.82) is 0 Å². The molecule has 2 atom stereocenters. The second-order valence-corrected chi connectivity index (χ2v) is 6.75. The van der Waals surface area contributed by atoms with E-state index in [4.69, 9.17) is 19.5 Å². The molecule has 0 N–H and O–H groups in total. The molecule has 0 unspecified atom stereocenters. The number of nitrogens with zero attached hydrogens (tertiary/aromatic N) is 3. The quantitative estimate of drug-likeness (QED) is 0.406. The molecular weight excluding hydrogens is 440 g/mol. The van der Waals surface area contributed by atoms with Crippen LogP contribution in [0.4, 0.5) is 0 Å². The first kappa shape index (κ1) is 22.8. The molecule has 0 fully saturated rings. The molecule has 6 heteroatoms. The minimum atomic E-state index is 0. The summed E-state index contributed by atoms with van der Waals surface area (Å²) in [4.78, 5) is 14.1. The molecular formula is C25H24N3O2Zn+. The smallest absolute Gasteiger partial charge is 0.474 e. The first-order chi connectivity index (χ1) is 14.9. The van der Waals surface area contributed by atoms with Gasteiger partial charge in [0.15, 0.2) is 0 Å². The Bertz CT molecular complexity index is 958. The molecule has 0 saturated heterocycles. The van der Waals surface area contributed by atoms with E-state index in [-0.39, 0.29) is 31.6 Å². The molecule has 1 aromatic heterocycles. The van der Waals surface area contributed by atoms with E-state index in [0.717, 1.165) is 11.1 Å². The molecule has 5 nitrogen and oxygen atoms in total. The maximum Gasteiger partial charge on any atom is 2.00 e. The van der Waals surface area contributed by atoms with Crippen LogP contribution in [-0.2, 0) is 29.0 Å². The van der Waals surface area contributed by atoms with Gasteiger partial charge in [-0.15, -0.1) is 0 Å². The van der Waals surface area contributed by atoms with E-state index in [0.29, 0.717) is 36.4 Å². The van der Waals surface area contributed by atoms with Gasteiger partial charge in [0.2, 0.25) is 11.8 Å². The van der Waals surface area contributed by atoms with E-state index in [2.05, 4.69) is 36.2 Å². The third-order valence-electron chi connectivity index (χ3n) is 4.86. The van der Waals surface area contributed by atoms with E-state index in [1.54, 1.807) is 6.92 Å². The zero-order valence-electron chi connectivity index (χ0n) is 17.6. The molecule has 0 spiro atoms. The molecule has 0 radical (unpaired) electrons. The number of hydrogen-bond donors (Lipinski definition) is 0. The summed E-state index contributed by atoms with van der Waals surface area (Å²) in [6.07, 6.45) is 0. The predicted octanol–water partition coefficient (Wildman–Crippen LogP) is 4.96. The van der Waals surface area contributed by atoms with Gasteiger partial charge in [0.25, 0.3) is 0 Å². The van der Waals surface area contributed by atoms with Crippen LogP contribution in [0.5, 0.6) is 0 Å². The second-order valence-electron chi connectivity index (χ2n) is 6.75. The van der Waals surface area contributed by atoms with E-state index < -0.39 is 0 Å². The molecule has 3 heterocycles. The van der Waals surface area contributed by atoms with Crippen molar-refractivity contribution in [1.82, 2.24) is 4.98 Å². The van der Waals surface area contributed by atoms with Gasteiger partial charge < -0.3 is 16.4 Å². The molecule has 0 bridgehead atoms. The van der Waals surface area contributed by atoms with E-state index >= 15 is 0 Å². The summed E-state index contributed by atoms with van der Waals surface area (Å²) in [6, 6.07) is 26.1. The Hall–Kier alpha value is -2.85. The fourth-order valence-electron chi connectivity index (χ4n) is 3.39. The van der Waals surface area contributed by atoms with Crippen molar-refractivity contribution >= 4 is 11.8 Å². The van der Waals surface area contributed by atoms with Gasteiger partial charge in [0.1, 0.15) is 36.7 Å². The number of pyridine rings is 1. The third-order valence-corrected chi connectivity index (χ3v) is 4.86. The zero-order chi connectivity index (χ0) is 20.8. The minimum absolute atomic E-state index is 0. The maximum absolute atomic E-state index is 5.82. The molecule has 2 aliphatic heterocycles. The van der Waals surface area contributed by atoms with Gasteiger partial charge in [-0.25, -0.2) is 15.0 Å². The van der Waals surface area contributed by atoms with Gasteiger partial charge in [0.05, 0.1) is 0 Å². The molecule has 152 valence electrons. The van der Waals surface area contributed by atoms with Crippen LogP contribution in [0.2, 0.25) is 0 Å². The molecule has 2 aromatic carbocycles. The monoisotopic (exact) mass is 462 g/mol. The summed E-state index contributed by atoms with van der Waals surface area (Å²) in [7, 11) is 0. The Morgan fingerprint density at radius 1 is 0.645 bits per heavy atom. The van der Waals surface area contributed by atoms with Crippen molar-refractivity contribution in [2.75, 3.05) is 13.2 Å². The Kier molecular flexibility index (Phi) is 8.08. The minimum Gasteiger partial charge on any atom is -0.474 e. The SMILES string of the molecule is [CH2-]C.[Zn+2].c1ccc([C@@H]2COC(c3cccc(C4=N[C@H](c5ccccc5)CO4)n3)=N2)cc1. The first-order valence-corrected chi connectivity index (χ1v) is 10.1. The number of aliphatic imine (C=N–C) groups is 2. The Labute approximate surface area is 196 Å². The van der Waals surface area contributed by atoms with Gasteiger partial charge in [-0.2, -0.15) is 6.92 Å². The first-order valence-electron chi connectivity index (χ1n) is 10.1. The fourth-order valence-corrected chi connectivity index (χ4v) is 3.39. The Balaban J connectivity index is 0.000000883. The summed E-state index contributed by atoms with van der Waals surface area (Å²) >= 11 is 0. The van der Waals surface area contributed by atoms with Gasteiger partial charge >= 0.3 is 19.5 Å². The summed E-state index contributed by atoms with van der Waals surface area (Å²) in [5.41, 5.74) is 3.68. The van der Waals surface area contributed by atoms with Crippen LogP contribution in [-0.4, -0.2) is 30.0 Å². The maximum atomic E-state index is 5.82. The van der Waals surface area contributed by atoms with Crippen LogP contribution in [0.25, 0.3) is 0 Å². The average Bonchev–Trinajstić information content (AvgIpc) is 3.52. The van der Waals surface area contributed by atoms with Crippen LogP contribution in [0.3, 0.4) is 0 Å². The van der Waals surface area contributed by atoms with E-state index in [1.807, 2.05) is 54.6 Å². The Morgan fingerprint density at radius 3 is 1.48 bits per heavy atom. The van der Waals surface area contributed by atoms with Crippen LogP contribution < -0.4 is 0 Å². The van der Waals surface area contributed by atoms with Crippen LogP contribution >= 0.6 is 0 Å². The number of hydrogen-bond acceptors (Lipinski definition) is 5. The van der Waals surface area contributed by atoms with Crippen LogP contribution in [0.1, 0.15) is 41.5 Å². The topological polar surface area (TPSA) is 56.1 Å². The summed E-state index contributed by atoms with van der Waals surface area (Å²) < 4.78 is 11.6. The van der Waals surface area contributed by atoms with Crippen molar-refractivity contribution in [3.8, 4) is 0 Å². The number of ether oxygens (including phenoxy) is 2. The van der Waals surface area contributed by atoms with Crippen molar-refractivity contribution < 1.29 is 29.0 Å². The van der Waals surface area contributed by atoms with Gasteiger partial charge in [-0.3, -0.25) is 0 Å². The largest absolute Gasteiger partial charge is 2.00 e. The molecule has 0 saturated carbocycles. The fraction of sp³-hybridized carbons (Fsp3) is 0.200. The molecule has 3 aromatic rings. The normalized spacial score (nSPS) is 19.0. The van der Waals surface area contributed by atoms with Crippen molar-refractivity contribution in [2.45, 2.75) is 19.0 Å². The van der Waals surface area contributed by atoms with Crippen LogP contribution in [0.15, 0.2) is 88.8 Å². The summed E-state index contributed by atoms with van der Waals surface area (Å²) in [5.74, 6) is 1.13. The average molecular weight is 464 g/mol. The molecule has 31 heavy (non-hydrogen) atoms. The zero-order valence-corrected chi connectivity index (χ0v) is 20.6. The molecule has 2 aliphatic rings. The predicted molar refractivity (Wildman–Crippen MR) is 119 cm³/mol. The summed E-state index contributed by atoms with van der Waals surface area (Å²) in [5, 5.41) is 0. The summed E-state index contributed by atoms with van der Waals surface area (Å²) in [6.45, 7) is 6.05. The third kappa shape index (κ3) is 5.26. The number of rotatable bonds is 4. The van der Waals surface area contributed by atoms with Gasteiger partial charge in [-0.1, -0.05) is 66.7 Å². The van der Waals surface area contributed by atoms with E-state index in [9.17, 15) is 0 Å². The van der Waals surface area contributed by atoms with Crippen molar-refractivity contribution in [3.63, 3.8) is 0 Å². The van der Waals surface area contributed by atoms with Crippen molar-refractivity contribution in [3.05, 3.63) is 108 Å². The Morgan fingerprint density at radius 2 is 1.06 bits per heavy atom.